The lowest BCUT2D eigenvalue weighted by atomic mass is 10.2. The SMILES string of the molecule is COc1ccc(C(=O)OOC(C)(C)OC(=O)OC(C)(C)OOC(=O)c2ccc(OC)cc2)cc1. The topological polar surface area (TPSA) is 125 Å². The largest absolute Gasteiger partial charge is 0.513 e. The standard InChI is InChI=1S/C23H26O11/c1-22(2,33-31-19(24)15-7-11-17(27-5)12-8-15)29-21(26)30-23(3,4)34-32-20(25)16-9-13-18(28-6)14-10-16/h7-14H,1-6H3. The Bertz CT molecular complexity index is 899. The van der Waals surface area contributed by atoms with E-state index in [-0.39, 0.29) is 11.1 Å². The van der Waals surface area contributed by atoms with Crippen LogP contribution in [-0.4, -0.2) is 43.9 Å². The summed E-state index contributed by atoms with van der Waals surface area (Å²) in [6.45, 7) is 5.25. The molecule has 0 heterocycles. The number of hydrogen-bond donors (Lipinski definition) is 0. The summed E-state index contributed by atoms with van der Waals surface area (Å²) in [5, 5.41) is 0. The summed E-state index contributed by atoms with van der Waals surface area (Å²) in [4.78, 5) is 55.6. The molecule has 2 aromatic rings. The second-order valence-electron chi connectivity index (χ2n) is 7.62. The molecule has 0 amide bonds. The first-order valence-electron chi connectivity index (χ1n) is 9.95. The Labute approximate surface area is 196 Å². The molecule has 0 unspecified atom stereocenters. The number of rotatable bonds is 10. The molecular formula is C23H26O11. The molecule has 0 radical (unpaired) electrons. The van der Waals surface area contributed by atoms with Gasteiger partial charge in [-0.3, -0.25) is 9.78 Å². The fraction of sp³-hybridized carbons (Fsp3) is 0.348. The summed E-state index contributed by atoms with van der Waals surface area (Å²) in [5.74, 6) is -3.94. The maximum absolute atomic E-state index is 12.1. The minimum absolute atomic E-state index is 0.187. The average Bonchev–Trinajstić information content (AvgIpc) is 2.80. The Morgan fingerprint density at radius 3 is 1.21 bits per heavy atom. The first kappa shape index (κ1) is 26.4. The second-order valence-corrected chi connectivity index (χ2v) is 7.62. The highest BCUT2D eigenvalue weighted by Crippen LogP contribution is 2.20. The van der Waals surface area contributed by atoms with Crippen molar-refractivity contribution in [1.82, 2.24) is 0 Å². The van der Waals surface area contributed by atoms with Gasteiger partial charge in [0.25, 0.3) is 11.6 Å². The van der Waals surface area contributed by atoms with Crippen molar-refractivity contribution in [3.05, 3.63) is 59.7 Å². The van der Waals surface area contributed by atoms with Crippen LogP contribution >= 0.6 is 0 Å². The van der Waals surface area contributed by atoms with Gasteiger partial charge >= 0.3 is 18.1 Å². The third kappa shape index (κ3) is 8.26. The van der Waals surface area contributed by atoms with Crippen molar-refractivity contribution in [3.63, 3.8) is 0 Å². The van der Waals surface area contributed by atoms with E-state index in [2.05, 4.69) is 0 Å². The van der Waals surface area contributed by atoms with Crippen molar-refractivity contribution >= 4 is 18.1 Å². The number of carbonyl (C=O) groups is 3. The molecule has 11 nitrogen and oxygen atoms in total. The maximum atomic E-state index is 12.1. The Kier molecular flexibility index (Phi) is 8.82. The second kappa shape index (κ2) is 11.3. The summed E-state index contributed by atoms with van der Waals surface area (Å²) in [5.41, 5.74) is 0.375. The van der Waals surface area contributed by atoms with E-state index in [1.165, 1.54) is 66.2 Å². The zero-order chi connectivity index (χ0) is 25.4. The van der Waals surface area contributed by atoms with Crippen LogP contribution in [0.25, 0.3) is 0 Å². The lowest BCUT2D eigenvalue weighted by Gasteiger charge is -2.26. The molecule has 0 bridgehead atoms. The molecule has 0 aromatic heterocycles. The fourth-order valence-electron chi connectivity index (χ4n) is 2.28. The number of hydrogen-bond acceptors (Lipinski definition) is 11. The summed E-state index contributed by atoms with van der Waals surface area (Å²) in [6.07, 6.45) is -1.24. The number of ether oxygens (including phenoxy) is 4. The molecule has 34 heavy (non-hydrogen) atoms. The lowest BCUT2D eigenvalue weighted by Crippen LogP contribution is -2.38. The van der Waals surface area contributed by atoms with Crippen LogP contribution in [0.1, 0.15) is 48.4 Å². The van der Waals surface area contributed by atoms with Crippen LogP contribution < -0.4 is 9.47 Å². The van der Waals surface area contributed by atoms with Gasteiger partial charge in [-0.1, -0.05) is 0 Å². The zero-order valence-corrected chi connectivity index (χ0v) is 19.6. The van der Waals surface area contributed by atoms with Gasteiger partial charge in [-0.15, -0.1) is 9.78 Å². The van der Waals surface area contributed by atoms with Crippen molar-refractivity contribution in [2.75, 3.05) is 14.2 Å². The van der Waals surface area contributed by atoms with Crippen molar-refractivity contribution < 1.29 is 52.9 Å². The van der Waals surface area contributed by atoms with Crippen LogP contribution in [0.15, 0.2) is 48.5 Å². The average molecular weight is 478 g/mol. The van der Waals surface area contributed by atoms with Gasteiger partial charge in [0.2, 0.25) is 0 Å². The number of benzene rings is 2. The Balaban J connectivity index is 1.81. The lowest BCUT2D eigenvalue weighted by molar-refractivity contribution is -0.391. The number of carbonyl (C=O) groups excluding carboxylic acids is 3. The molecule has 0 fully saturated rings. The van der Waals surface area contributed by atoms with Crippen molar-refractivity contribution in [2.45, 2.75) is 39.3 Å². The van der Waals surface area contributed by atoms with E-state index >= 15 is 0 Å². The Morgan fingerprint density at radius 2 is 0.912 bits per heavy atom. The van der Waals surface area contributed by atoms with Crippen molar-refractivity contribution in [3.8, 4) is 11.5 Å². The van der Waals surface area contributed by atoms with E-state index in [9.17, 15) is 14.4 Å². The highest BCUT2D eigenvalue weighted by molar-refractivity contribution is 5.89. The Morgan fingerprint density at radius 1 is 0.588 bits per heavy atom. The molecule has 0 aliphatic heterocycles. The molecule has 0 aliphatic carbocycles. The van der Waals surface area contributed by atoms with Crippen molar-refractivity contribution in [2.24, 2.45) is 0 Å². The molecule has 184 valence electrons. The monoisotopic (exact) mass is 478 g/mol. The van der Waals surface area contributed by atoms with Gasteiger partial charge in [-0.2, -0.15) is 0 Å². The van der Waals surface area contributed by atoms with Crippen LogP contribution in [0.2, 0.25) is 0 Å². The third-order valence-corrected chi connectivity index (χ3v) is 3.95. The smallest absolute Gasteiger partial charge is 0.497 e. The van der Waals surface area contributed by atoms with Crippen molar-refractivity contribution in [1.29, 1.82) is 0 Å². The first-order valence-corrected chi connectivity index (χ1v) is 9.95. The van der Waals surface area contributed by atoms with Gasteiger partial charge in [0.05, 0.1) is 25.3 Å². The fourth-order valence-corrected chi connectivity index (χ4v) is 2.28. The van der Waals surface area contributed by atoms with Gasteiger partial charge in [0, 0.05) is 27.7 Å². The minimum Gasteiger partial charge on any atom is -0.497 e. The molecule has 2 aromatic carbocycles. The van der Waals surface area contributed by atoms with E-state index in [1.807, 2.05) is 0 Å². The molecule has 0 N–H and O–H groups in total. The first-order chi connectivity index (χ1) is 15.9. The maximum Gasteiger partial charge on any atom is 0.513 e. The molecule has 0 aliphatic rings. The van der Waals surface area contributed by atoms with Crippen LogP contribution in [0, 0.1) is 0 Å². The van der Waals surface area contributed by atoms with Gasteiger partial charge in [0.1, 0.15) is 11.5 Å². The summed E-state index contributed by atoms with van der Waals surface area (Å²) < 4.78 is 20.0. The normalized spacial score (nSPS) is 11.2. The molecule has 0 spiro atoms. The van der Waals surface area contributed by atoms with Gasteiger partial charge < -0.3 is 18.9 Å². The van der Waals surface area contributed by atoms with Crippen LogP contribution in [0.3, 0.4) is 0 Å². The van der Waals surface area contributed by atoms with Gasteiger partial charge in [0.15, 0.2) is 0 Å². The molecule has 11 heteroatoms. The minimum atomic E-state index is -1.71. The van der Waals surface area contributed by atoms with E-state index in [4.69, 9.17) is 38.5 Å². The van der Waals surface area contributed by atoms with E-state index in [1.54, 1.807) is 24.3 Å². The molecule has 0 saturated carbocycles. The van der Waals surface area contributed by atoms with Gasteiger partial charge in [-0.25, -0.2) is 14.4 Å². The van der Waals surface area contributed by atoms with E-state index < -0.39 is 29.7 Å². The van der Waals surface area contributed by atoms with E-state index in [0.29, 0.717) is 11.5 Å². The predicted molar refractivity (Wildman–Crippen MR) is 115 cm³/mol. The summed E-state index contributed by atoms with van der Waals surface area (Å²) >= 11 is 0. The highest BCUT2D eigenvalue weighted by Gasteiger charge is 2.34. The summed E-state index contributed by atoms with van der Waals surface area (Å²) in [7, 11) is 2.99. The zero-order valence-electron chi connectivity index (χ0n) is 19.6. The quantitative estimate of drug-likeness (QED) is 0.211. The molecule has 2 rings (SSSR count). The molecule has 0 saturated heterocycles. The highest BCUT2D eigenvalue weighted by atomic mass is 17.3. The molecule has 0 atom stereocenters. The van der Waals surface area contributed by atoms with Crippen LogP contribution in [0.5, 0.6) is 11.5 Å². The Hall–Kier alpha value is -3.83. The summed E-state index contributed by atoms with van der Waals surface area (Å²) in [6, 6.07) is 12.2. The predicted octanol–water partition coefficient (Wildman–Crippen LogP) is 4.21. The number of methoxy groups -OCH3 is 2. The van der Waals surface area contributed by atoms with Crippen LogP contribution in [0.4, 0.5) is 4.79 Å². The third-order valence-electron chi connectivity index (χ3n) is 3.95. The van der Waals surface area contributed by atoms with Gasteiger partial charge in [-0.05, 0) is 48.5 Å². The van der Waals surface area contributed by atoms with E-state index in [0.717, 1.165) is 0 Å². The molecular weight excluding hydrogens is 452 g/mol. The van der Waals surface area contributed by atoms with Crippen LogP contribution in [-0.2, 0) is 29.0 Å².